The zero-order chi connectivity index (χ0) is 11.5. The molecule has 0 fully saturated rings. The van der Waals surface area contributed by atoms with Crippen LogP contribution in [0, 0.1) is 6.92 Å². The van der Waals surface area contributed by atoms with E-state index in [1.165, 1.54) is 11.6 Å². The SMILES string of the molecule is Cc1cn(COCC[Si](C)(C)C)cc1Br. The maximum absolute atomic E-state index is 5.64. The molecule has 86 valence electrons. The van der Waals surface area contributed by atoms with Crippen molar-refractivity contribution < 1.29 is 4.74 Å². The molecule has 15 heavy (non-hydrogen) atoms. The zero-order valence-electron chi connectivity index (χ0n) is 10.0. The van der Waals surface area contributed by atoms with Crippen molar-refractivity contribution in [2.75, 3.05) is 6.61 Å². The molecule has 0 saturated carbocycles. The Bertz CT molecular complexity index is 297. The van der Waals surface area contributed by atoms with Gasteiger partial charge in [-0.25, -0.2) is 0 Å². The summed E-state index contributed by atoms with van der Waals surface area (Å²) in [5.41, 5.74) is 1.25. The number of aryl methyl sites for hydroxylation is 1. The highest BCUT2D eigenvalue weighted by atomic mass is 79.9. The molecule has 1 heterocycles. The van der Waals surface area contributed by atoms with Crippen LogP contribution >= 0.6 is 15.9 Å². The number of halogens is 1. The fourth-order valence-corrected chi connectivity index (χ4v) is 2.34. The molecule has 0 N–H and O–H groups in total. The van der Waals surface area contributed by atoms with Crippen LogP contribution < -0.4 is 0 Å². The molecule has 1 aromatic rings. The lowest BCUT2D eigenvalue weighted by atomic mass is 10.4. The standard InChI is InChI=1S/C11H20BrNOSi/c1-10-7-13(8-11(10)12)9-14-5-6-15(2,3)4/h7-8H,5-6,9H2,1-4H3. The number of ether oxygens (including phenoxy) is 1. The minimum atomic E-state index is -0.945. The lowest BCUT2D eigenvalue weighted by Gasteiger charge is -2.15. The van der Waals surface area contributed by atoms with Crippen LogP contribution in [0.1, 0.15) is 5.56 Å². The summed E-state index contributed by atoms with van der Waals surface area (Å²) in [5, 5.41) is 0. The quantitative estimate of drug-likeness (QED) is 0.593. The first-order valence-corrected chi connectivity index (χ1v) is 9.78. The summed E-state index contributed by atoms with van der Waals surface area (Å²) >= 11 is 3.49. The number of nitrogens with zero attached hydrogens (tertiary/aromatic N) is 1. The van der Waals surface area contributed by atoms with E-state index in [9.17, 15) is 0 Å². The van der Waals surface area contributed by atoms with E-state index in [1.54, 1.807) is 0 Å². The molecule has 0 atom stereocenters. The normalized spacial score (nSPS) is 12.1. The number of hydrogen-bond acceptors (Lipinski definition) is 1. The molecular formula is C11H20BrNOSi. The Morgan fingerprint density at radius 3 is 2.47 bits per heavy atom. The minimum absolute atomic E-state index is 0.664. The fraction of sp³-hybridized carbons (Fsp3) is 0.636. The van der Waals surface area contributed by atoms with E-state index >= 15 is 0 Å². The maximum Gasteiger partial charge on any atom is 0.122 e. The van der Waals surface area contributed by atoms with Crippen LogP contribution in [0.25, 0.3) is 0 Å². The first kappa shape index (κ1) is 13.0. The number of hydrogen-bond donors (Lipinski definition) is 0. The Kier molecular flexibility index (Phi) is 4.61. The van der Waals surface area contributed by atoms with Crippen LogP contribution in [0.2, 0.25) is 25.7 Å². The highest BCUT2D eigenvalue weighted by Crippen LogP contribution is 2.16. The Hall–Kier alpha value is -0.0631. The van der Waals surface area contributed by atoms with E-state index in [1.807, 2.05) is 0 Å². The second-order valence-corrected chi connectivity index (χ2v) is 11.6. The molecule has 1 rings (SSSR count). The lowest BCUT2D eigenvalue weighted by molar-refractivity contribution is 0.0874. The van der Waals surface area contributed by atoms with Gasteiger partial charge in [0.05, 0.1) is 0 Å². The molecule has 0 saturated heterocycles. The van der Waals surface area contributed by atoms with E-state index in [-0.39, 0.29) is 0 Å². The van der Waals surface area contributed by atoms with Gasteiger partial charge in [-0.3, -0.25) is 0 Å². The Balaban J connectivity index is 2.26. The van der Waals surface area contributed by atoms with Crippen LogP contribution in [0.5, 0.6) is 0 Å². The van der Waals surface area contributed by atoms with Crippen molar-refractivity contribution in [2.24, 2.45) is 0 Å². The largest absolute Gasteiger partial charge is 0.361 e. The zero-order valence-corrected chi connectivity index (χ0v) is 12.6. The van der Waals surface area contributed by atoms with Gasteiger partial charge in [0.1, 0.15) is 6.73 Å². The van der Waals surface area contributed by atoms with E-state index in [0.717, 1.165) is 11.1 Å². The second-order valence-electron chi connectivity index (χ2n) is 5.15. The molecule has 0 aliphatic carbocycles. The van der Waals surface area contributed by atoms with Crippen LogP contribution in [0.4, 0.5) is 0 Å². The Morgan fingerprint density at radius 1 is 1.33 bits per heavy atom. The molecule has 0 bridgehead atoms. The van der Waals surface area contributed by atoms with Gasteiger partial charge in [0, 0.05) is 31.5 Å². The summed E-state index contributed by atoms with van der Waals surface area (Å²) in [6.45, 7) is 10.7. The highest BCUT2D eigenvalue weighted by Gasteiger charge is 2.11. The number of rotatable bonds is 5. The van der Waals surface area contributed by atoms with Gasteiger partial charge >= 0.3 is 0 Å². The molecule has 1 aromatic heterocycles. The molecule has 0 aliphatic heterocycles. The van der Waals surface area contributed by atoms with Gasteiger partial charge in [-0.15, -0.1) is 0 Å². The molecule has 0 spiro atoms. The summed E-state index contributed by atoms with van der Waals surface area (Å²) in [6, 6.07) is 1.23. The van der Waals surface area contributed by atoms with Crippen molar-refractivity contribution in [1.29, 1.82) is 0 Å². The van der Waals surface area contributed by atoms with Gasteiger partial charge in [-0.05, 0) is 34.5 Å². The monoisotopic (exact) mass is 289 g/mol. The molecule has 2 nitrogen and oxygen atoms in total. The Morgan fingerprint density at radius 2 is 2.00 bits per heavy atom. The van der Waals surface area contributed by atoms with Crippen molar-refractivity contribution in [1.82, 2.24) is 4.57 Å². The molecule has 0 aliphatic rings. The van der Waals surface area contributed by atoms with Crippen LogP contribution in [-0.2, 0) is 11.5 Å². The van der Waals surface area contributed by atoms with Gasteiger partial charge in [0.15, 0.2) is 0 Å². The molecular weight excluding hydrogens is 270 g/mol. The van der Waals surface area contributed by atoms with E-state index in [0.29, 0.717) is 6.73 Å². The van der Waals surface area contributed by atoms with Crippen LogP contribution in [0.15, 0.2) is 16.9 Å². The van der Waals surface area contributed by atoms with Gasteiger partial charge in [0.2, 0.25) is 0 Å². The summed E-state index contributed by atoms with van der Waals surface area (Å²) in [7, 11) is -0.945. The smallest absolute Gasteiger partial charge is 0.122 e. The van der Waals surface area contributed by atoms with Gasteiger partial charge in [0.25, 0.3) is 0 Å². The molecule has 4 heteroatoms. The summed E-state index contributed by atoms with van der Waals surface area (Å²) in [6.07, 6.45) is 4.16. The van der Waals surface area contributed by atoms with Gasteiger partial charge in [-0.1, -0.05) is 19.6 Å². The summed E-state index contributed by atoms with van der Waals surface area (Å²) < 4.78 is 8.86. The van der Waals surface area contributed by atoms with Crippen molar-refractivity contribution >= 4 is 24.0 Å². The van der Waals surface area contributed by atoms with E-state index in [2.05, 4.69) is 59.5 Å². The Labute approximate surface area is 102 Å². The third-order valence-electron chi connectivity index (χ3n) is 2.25. The predicted octanol–water partition coefficient (Wildman–Crippen LogP) is 3.87. The first-order valence-electron chi connectivity index (χ1n) is 5.28. The van der Waals surface area contributed by atoms with E-state index in [4.69, 9.17) is 4.74 Å². The van der Waals surface area contributed by atoms with Gasteiger partial charge < -0.3 is 9.30 Å². The van der Waals surface area contributed by atoms with Crippen molar-refractivity contribution in [3.63, 3.8) is 0 Å². The molecule has 0 amide bonds. The highest BCUT2D eigenvalue weighted by molar-refractivity contribution is 9.10. The third-order valence-corrected chi connectivity index (χ3v) is 4.79. The van der Waals surface area contributed by atoms with Crippen LogP contribution in [-0.4, -0.2) is 19.2 Å². The third kappa shape index (κ3) is 5.00. The average molecular weight is 290 g/mol. The maximum atomic E-state index is 5.64. The molecule has 0 radical (unpaired) electrons. The van der Waals surface area contributed by atoms with E-state index < -0.39 is 8.07 Å². The molecule has 0 unspecified atom stereocenters. The minimum Gasteiger partial charge on any atom is -0.361 e. The predicted molar refractivity (Wildman–Crippen MR) is 71.0 cm³/mol. The van der Waals surface area contributed by atoms with Crippen molar-refractivity contribution in [2.45, 2.75) is 39.3 Å². The van der Waals surface area contributed by atoms with Gasteiger partial charge in [-0.2, -0.15) is 0 Å². The number of aromatic nitrogens is 1. The molecule has 0 aromatic carbocycles. The van der Waals surface area contributed by atoms with Crippen LogP contribution in [0.3, 0.4) is 0 Å². The average Bonchev–Trinajstić information content (AvgIpc) is 2.39. The fourth-order valence-electron chi connectivity index (χ4n) is 1.22. The first-order chi connectivity index (χ1) is 6.88. The van der Waals surface area contributed by atoms with Crippen molar-refractivity contribution in [3.8, 4) is 0 Å². The summed E-state index contributed by atoms with van der Waals surface area (Å²) in [4.78, 5) is 0. The van der Waals surface area contributed by atoms with Crippen molar-refractivity contribution in [3.05, 3.63) is 22.4 Å². The second kappa shape index (κ2) is 5.32. The summed E-state index contributed by atoms with van der Waals surface area (Å²) in [5.74, 6) is 0. The lowest BCUT2D eigenvalue weighted by Crippen LogP contribution is -2.21. The topological polar surface area (TPSA) is 14.2 Å².